The first kappa shape index (κ1) is 17.1. The molecule has 132 valence electrons. The molecule has 3 rings (SSSR count). The highest BCUT2D eigenvalue weighted by Crippen LogP contribution is 2.30. The summed E-state index contributed by atoms with van der Waals surface area (Å²) in [7, 11) is -3.14. The second-order valence-electron chi connectivity index (χ2n) is 6.43. The molecule has 24 heavy (non-hydrogen) atoms. The second kappa shape index (κ2) is 6.29. The molecule has 2 saturated heterocycles. The van der Waals surface area contributed by atoms with Crippen LogP contribution in [0.15, 0.2) is 6.07 Å². The summed E-state index contributed by atoms with van der Waals surface area (Å²) in [6, 6.07) is 1.77. The lowest BCUT2D eigenvalue weighted by Crippen LogP contribution is -2.37. The minimum atomic E-state index is -3.14. The molecule has 1 aromatic rings. The zero-order valence-electron chi connectivity index (χ0n) is 14.1. The Balaban J connectivity index is 1.81. The number of amides is 1. The third-order valence-electron chi connectivity index (χ3n) is 4.52. The van der Waals surface area contributed by atoms with E-state index in [1.54, 1.807) is 11.8 Å². The SMILES string of the molecule is Cc1nc(C2CCN(S(C)(=O)=O)CC2)cc(N2C(=O)OCC2C)n1. The van der Waals surface area contributed by atoms with E-state index in [-0.39, 0.29) is 12.0 Å². The predicted molar refractivity (Wildman–Crippen MR) is 88.4 cm³/mol. The number of aryl methyl sites for hydroxylation is 1. The molecule has 1 unspecified atom stereocenters. The van der Waals surface area contributed by atoms with Crippen LogP contribution in [0.1, 0.15) is 37.2 Å². The number of hydrogen-bond donors (Lipinski definition) is 0. The van der Waals surface area contributed by atoms with Gasteiger partial charge in [-0.2, -0.15) is 0 Å². The average Bonchev–Trinajstić information content (AvgIpc) is 2.85. The van der Waals surface area contributed by atoms with Gasteiger partial charge in [-0.25, -0.2) is 27.5 Å². The van der Waals surface area contributed by atoms with Crippen LogP contribution >= 0.6 is 0 Å². The summed E-state index contributed by atoms with van der Waals surface area (Å²) >= 11 is 0. The molecule has 0 aromatic carbocycles. The Morgan fingerprint density at radius 1 is 1.25 bits per heavy atom. The first-order chi connectivity index (χ1) is 11.3. The Bertz CT molecular complexity index is 744. The normalized spacial score (nSPS) is 23.5. The Morgan fingerprint density at radius 3 is 2.46 bits per heavy atom. The van der Waals surface area contributed by atoms with E-state index < -0.39 is 16.1 Å². The number of carbonyl (C=O) groups is 1. The molecule has 0 spiro atoms. The fourth-order valence-corrected chi connectivity index (χ4v) is 4.10. The van der Waals surface area contributed by atoms with Crippen molar-refractivity contribution in [1.29, 1.82) is 0 Å². The molecule has 2 aliphatic heterocycles. The number of hydrogen-bond acceptors (Lipinski definition) is 6. The maximum atomic E-state index is 11.9. The lowest BCUT2D eigenvalue weighted by atomic mass is 9.94. The molecule has 9 heteroatoms. The highest BCUT2D eigenvalue weighted by Gasteiger charge is 2.33. The molecular formula is C15H22N4O4S. The van der Waals surface area contributed by atoms with Gasteiger partial charge >= 0.3 is 6.09 Å². The molecule has 2 aliphatic rings. The minimum Gasteiger partial charge on any atom is -0.447 e. The molecule has 0 bridgehead atoms. The molecule has 1 atom stereocenters. The van der Waals surface area contributed by atoms with Crippen molar-refractivity contribution in [3.63, 3.8) is 0 Å². The van der Waals surface area contributed by atoms with Crippen molar-refractivity contribution in [2.45, 2.75) is 38.6 Å². The van der Waals surface area contributed by atoms with Crippen LogP contribution < -0.4 is 4.90 Å². The summed E-state index contributed by atoms with van der Waals surface area (Å²) in [5.74, 6) is 1.32. The van der Waals surface area contributed by atoms with Crippen molar-refractivity contribution >= 4 is 21.9 Å². The molecule has 0 radical (unpaired) electrons. The Labute approximate surface area is 141 Å². The van der Waals surface area contributed by atoms with Gasteiger partial charge < -0.3 is 4.74 Å². The van der Waals surface area contributed by atoms with Gasteiger partial charge in [0, 0.05) is 30.8 Å². The summed E-state index contributed by atoms with van der Waals surface area (Å²) < 4.78 is 29.8. The van der Waals surface area contributed by atoms with E-state index in [4.69, 9.17) is 4.74 Å². The van der Waals surface area contributed by atoms with Gasteiger partial charge in [-0.1, -0.05) is 0 Å². The van der Waals surface area contributed by atoms with E-state index in [1.807, 2.05) is 13.0 Å². The van der Waals surface area contributed by atoms with E-state index in [2.05, 4.69) is 9.97 Å². The lowest BCUT2D eigenvalue weighted by Gasteiger charge is -2.30. The summed E-state index contributed by atoms with van der Waals surface area (Å²) in [6.07, 6.45) is 2.27. The summed E-state index contributed by atoms with van der Waals surface area (Å²) in [5, 5.41) is 0. The van der Waals surface area contributed by atoms with Crippen molar-refractivity contribution in [3.05, 3.63) is 17.6 Å². The molecule has 0 aliphatic carbocycles. The first-order valence-corrected chi connectivity index (χ1v) is 9.87. The molecule has 2 fully saturated rings. The predicted octanol–water partition coefficient (Wildman–Crippen LogP) is 1.27. The van der Waals surface area contributed by atoms with Gasteiger partial charge in [0.05, 0.1) is 12.3 Å². The van der Waals surface area contributed by atoms with Crippen molar-refractivity contribution in [1.82, 2.24) is 14.3 Å². The highest BCUT2D eigenvalue weighted by molar-refractivity contribution is 7.88. The van der Waals surface area contributed by atoms with Crippen LogP contribution in [0.4, 0.5) is 10.6 Å². The monoisotopic (exact) mass is 354 g/mol. The summed E-state index contributed by atoms with van der Waals surface area (Å²) in [6.45, 7) is 5.04. The number of rotatable bonds is 3. The Hall–Kier alpha value is -1.74. The van der Waals surface area contributed by atoms with Crippen molar-refractivity contribution in [2.24, 2.45) is 0 Å². The summed E-state index contributed by atoms with van der Waals surface area (Å²) in [4.78, 5) is 22.3. The van der Waals surface area contributed by atoms with E-state index in [1.165, 1.54) is 10.6 Å². The maximum Gasteiger partial charge on any atom is 0.415 e. The van der Waals surface area contributed by atoms with Crippen LogP contribution in [0, 0.1) is 6.92 Å². The number of piperidine rings is 1. The van der Waals surface area contributed by atoms with Crippen LogP contribution in [0.5, 0.6) is 0 Å². The van der Waals surface area contributed by atoms with Gasteiger partial charge in [0.1, 0.15) is 18.2 Å². The average molecular weight is 354 g/mol. The molecule has 1 aromatic heterocycles. The van der Waals surface area contributed by atoms with Gasteiger partial charge in [-0.15, -0.1) is 0 Å². The van der Waals surface area contributed by atoms with Gasteiger partial charge in [-0.3, -0.25) is 4.90 Å². The largest absolute Gasteiger partial charge is 0.447 e. The van der Waals surface area contributed by atoms with E-state index >= 15 is 0 Å². The quantitative estimate of drug-likeness (QED) is 0.811. The van der Waals surface area contributed by atoms with Crippen LogP contribution in [-0.4, -0.2) is 60.8 Å². The first-order valence-electron chi connectivity index (χ1n) is 8.02. The highest BCUT2D eigenvalue weighted by atomic mass is 32.2. The van der Waals surface area contributed by atoms with Crippen LogP contribution in [0.2, 0.25) is 0 Å². The van der Waals surface area contributed by atoms with Gasteiger partial charge in [0.2, 0.25) is 10.0 Å². The number of carbonyl (C=O) groups excluding carboxylic acids is 1. The van der Waals surface area contributed by atoms with Crippen LogP contribution in [0.25, 0.3) is 0 Å². The van der Waals surface area contributed by atoms with Gasteiger partial charge in [0.15, 0.2) is 0 Å². The smallest absolute Gasteiger partial charge is 0.415 e. The van der Waals surface area contributed by atoms with E-state index in [9.17, 15) is 13.2 Å². The molecule has 1 amide bonds. The number of sulfonamides is 1. The standard InChI is InChI=1S/C15H22N4O4S/c1-10-9-23-15(20)19(10)14-8-13(16-11(2)17-14)12-4-6-18(7-5-12)24(3,21)22/h8,10,12H,4-7,9H2,1-3H3. The van der Waals surface area contributed by atoms with Gasteiger partial charge in [0.25, 0.3) is 0 Å². The lowest BCUT2D eigenvalue weighted by molar-refractivity contribution is 0.179. The number of aromatic nitrogens is 2. The number of cyclic esters (lactones) is 1. The molecule has 8 nitrogen and oxygen atoms in total. The van der Waals surface area contributed by atoms with Crippen molar-refractivity contribution in [3.8, 4) is 0 Å². The van der Waals surface area contributed by atoms with Crippen LogP contribution in [-0.2, 0) is 14.8 Å². The second-order valence-corrected chi connectivity index (χ2v) is 8.41. The topological polar surface area (TPSA) is 92.7 Å². The fourth-order valence-electron chi connectivity index (χ4n) is 3.23. The van der Waals surface area contributed by atoms with Crippen molar-refractivity contribution in [2.75, 3.05) is 30.9 Å². The Morgan fingerprint density at radius 2 is 1.92 bits per heavy atom. The molecule has 0 N–H and O–H groups in total. The van der Waals surface area contributed by atoms with E-state index in [0.717, 1.165) is 5.69 Å². The zero-order chi connectivity index (χ0) is 17.5. The number of nitrogens with zero attached hydrogens (tertiary/aromatic N) is 4. The van der Waals surface area contributed by atoms with Crippen LogP contribution in [0.3, 0.4) is 0 Å². The molecular weight excluding hydrogens is 332 g/mol. The Kier molecular flexibility index (Phi) is 4.48. The fraction of sp³-hybridized carbons (Fsp3) is 0.667. The maximum absolute atomic E-state index is 11.9. The third kappa shape index (κ3) is 3.36. The summed E-state index contributed by atoms with van der Waals surface area (Å²) in [5.41, 5.74) is 0.859. The number of ether oxygens (including phenoxy) is 1. The van der Waals surface area contributed by atoms with E-state index in [0.29, 0.717) is 44.2 Å². The zero-order valence-corrected chi connectivity index (χ0v) is 14.9. The minimum absolute atomic E-state index is 0.0632. The molecule has 0 saturated carbocycles. The number of anilines is 1. The molecule has 3 heterocycles. The van der Waals surface area contributed by atoms with Gasteiger partial charge in [-0.05, 0) is 26.7 Å². The third-order valence-corrected chi connectivity index (χ3v) is 5.82. The van der Waals surface area contributed by atoms with Crippen molar-refractivity contribution < 1.29 is 17.9 Å².